The van der Waals surface area contributed by atoms with Crippen molar-refractivity contribution >= 4 is 17.6 Å². The molecule has 1 aliphatic rings. The van der Waals surface area contributed by atoms with E-state index in [0.29, 0.717) is 24.7 Å². The highest BCUT2D eigenvalue weighted by atomic mass is 19.4. The Bertz CT molecular complexity index is 980. The second-order valence-electron chi connectivity index (χ2n) is 6.81. The molecule has 2 aromatic rings. The van der Waals surface area contributed by atoms with Gasteiger partial charge in [-0.25, -0.2) is 4.79 Å². The average molecular weight is 444 g/mol. The van der Waals surface area contributed by atoms with Gasteiger partial charge in [0.15, 0.2) is 0 Å². The van der Waals surface area contributed by atoms with E-state index in [1.54, 1.807) is 17.0 Å². The number of carbonyl (C=O) groups is 2. The van der Waals surface area contributed by atoms with Gasteiger partial charge in [-0.1, -0.05) is 12.1 Å². The summed E-state index contributed by atoms with van der Waals surface area (Å²) in [5, 5.41) is 11.4. The summed E-state index contributed by atoms with van der Waals surface area (Å²) in [6.07, 6.45) is -4.56. The first kappa shape index (κ1) is 22.3. The molecule has 0 saturated carbocycles. The highest BCUT2D eigenvalue weighted by molar-refractivity contribution is 5.98. The molecule has 0 spiro atoms. The first-order valence-electron chi connectivity index (χ1n) is 9.10. The van der Waals surface area contributed by atoms with E-state index in [1.165, 1.54) is 12.1 Å². The molecule has 0 aliphatic carbocycles. The summed E-state index contributed by atoms with van der Waals surface area (Å²) in [6.45, 7) is -2.49. The van der Waals surface area contributed by atoms with Gasteiger partial charge in [0.2, 0.25) is 0 Å². The zero-order chi connectivity index (χ0) is 22.8. The molecule has 1 atom stereocenters. The summed E-state index contributed by atoms with van der Waals surface area (Å²) in [4.78, 5) is 25.2. The van der Waals surface area contributed by atoms with Gasteiger partial charge in [-0.05, 0) is 36.8 Å². The van der Waals surface area contributed by atoms with Crippen molar-refractivity contribution in [3.8, 4) is 5.75 Å². The maximum absolute atomic E-state index is 13.3. The van der Waals surface area contributed by atoms with Gasteiger partial charge in [0.05, 0.1) is 22.4 Å². The van der Waals surface area contributed by atoms with Crippen LogP contribution in [0.4, 0.5) is 27.6 Å². The molecule has 1 saturated heterocycles. The van der Waals surface area contributed by atoms with Gasteiger partial charge >= 0.3 is 18.8 Å². The van der Waals surface area contributed by atoms with E-state index in [9.17, 15) is 31.5 Å². The standard InChI is InChI=1S/C20H17F5N2O4/c21-19(22)31-16-4-2-1-3-15(16)27-8-7-12(10-27)26-17(28)13-6-5-11(18(29)30)9-14(13)20(23,24)25/h1-6,9,12,19H,7-8,10H2,(H,26,28)(H,29,30). The fourth-order valence-electron chi connectivity index (χ4n) is 3.38. The normalized spacial score (nSPS) is 16.5. The zero-order valence-corrected chi connectivity index (χ0v) is 15.8. The van der Waals surface area contributed by atoms with Gasteiger partial charge in [-0.15, -0.1) is 0 Å². The second-order valence-corrected chi connectivity index (χ2v) is 6.81. The minimum atomic E-state index is -4.93. The summed E-state index contributed by atoms with van der Waals surface area (Å²) >= 11 is 0. The largest absolute Gasteiger partial charge is 0.478 e. The van der Waals surface area contributed by atoms with Crippen molar-refractivity contribution in [2.75, 3.05) is 18.0 Å². The summed E-state index contributed by atoms with van der Waals surface area (Å²) in [5.41, 5.74) is -2.26. The fourth-order valence-corrected chi connectivity index (χ4v) is 3.38. The van der Waals surface area contributed by atoms with Gasteiger partial charge in [-0.3, -0.25) is 4.79 Å². The molecular weight excluding hydrogens is 427 g/mol. The molecular formula is C20H17F5N2O4. The van der Waals surface area contributed by atoms with E-state index < -0.39 is 47.4 Å². The number of carboxylic acids is 1. The van der Waals surface area contributed by atoms with Crippen LogP contribution in [0.5, 0.6) is 5.75 Å². The second kappa shape index (κ2) is 8.78. The molecule has 0 bridgehead atoms. The molecule has 2 N–H and O–H groups in total. The molecule has 3 rings (SSSR count). The minimum absolute atomic E-state index is 0.0481. The number of ether oxygens (including phenoxy) is 1. The number of para-hydroxylation sites is 2. The first-order chi connectivity index (χ1) is 14.6. The monoisotopic (exact) mass is 444 g/mol. The number of aromatic carboxylic acids is 1. The van der Waals surface area contributed by atoms with Crippen molar-refractivity contribution in [2.24, 2.45) is 0 Å². The minimum Gasteiger partial charge on any atom is -0.478 e. The number of alkyl halides is 5. The number of benzene rings is 2. The van der Waals surface area contributed by atoms with Crippen molar-refractivity contribution in [1.82, 2.24) is 5.32 Å². The maximum Gasteiger partial charge on any atom is 0.417 e. The van der Waals surface area contributed by atoms with Gasteiger partial charge in [0, 0.05) is 19.1 Å². The van der Waals surface area contributed by atoms with Gasteiger partial charge in [0.25, 0.3) is 5.91 Å². The van der Waals surface area contributed by atoms with Crippen LogP contribution in [0.2, 0.25) is 0 Å². The van der Waals surface area contributed by atoms with Crippen molar-refractivity contribution < 1.29 is 41.4 Å². The van der Waals surface area contributed by atoms with Crippen LogP contribution in [0.25, 0.3) is 0 Å². The summed E-state index contributed by atoms with van der Waals surface area (Å²) in [6, 6.07) is 7.69. The third kappa shape index (κ3) is 5.22. The van der Waals surface area contributed by atoms with Crippen LogP contribution in [0.3, 0.4) is 0 Å². The lowest BCUT2D eigenvalue weighted by Crippen LogP contribution is -2.38. The molecule has 166 valence electrons. The molecule has 0 radical (unpaired) electrons. The van der Waals surface area contributed by atoms with E-state index in [2.05, 4.69) is 10.1 Å². The fraction of sp³-hybridized carbons (Fsp3) is 0.300. The molecule has 31 heavy (non-hydrogen) atoms. The van der Waals surface area contributed by atoms with Gasteiger partial charge in [-0.2, -0.15) is 22.0 Å². The van der Waals surface area contributed by atoms with Crippen molar-refractivity contribution in [1.29, 1.82) is 0 Å². The Balaban J connectivity index is 1.75. The molecule has 1 unspecified atom stereocenters. The molecule has 1 fully saturated rings. The van der Waals surface area contributed by atoms with Crippen molar-refractivity contribution in [3.05, 3.63) is 59.2 Å². The number of anilines is 1. The Labute approximate surface area is 173 Å². The van der Waals surface area contributed by atoms with E-state index >= 15 is 0 Å². The molecule has 1 amide bonds. The van der Waals surface area contributed by atoms with Crippen molar-refractivity contribution in [3.63, 3.8) is 0 Å². The van der Waals surface area contributed by atoms with E-state index in [1.807, 2.05) is 0 Å². The van der Waals surface area contributed by atoms with E-state index in [0.717, 1.165) is 12.1 Å². The predicted molar refractivity (Wildman–Crippen MR) is 99.6 cm³/mol. The van der Waals surface area contributed by atoms with Crippen LogP contribution >= 0.6 is 0 Å². The van der Waals surface area contributed by atoms with Crippen LogP contribution < -0.4 is 15.0 Å². The lowest BCUT2D eigenvalue weighted by atomic mass is 10.0. The van der Waals surface area contributed by atoms with Gasteiger partial charge < -0.3 is 20.1 Å². The summed E-state index contributed by atoms with van der Waals surface area (Å²) < 4.78 is 69.7. The third-order valence-electron chi connectivity index (χ3n) is 4.76. The first-order valence-corrected chi connectivity index (χ1v) is 9.10. The predicted octanol–water partition coefficient (Wildman–Crippen LogP) is 4.01. The number of hydrogen-bond donors (Lipinski definition) is 2. The maximum atomic E-state index is 13.3. The number of nitrogens with zero attached hydrogens (tertiary/aromatic N) is 1. The zero-order valence-electron chi connectivity index (χ0n) is 15.8. The lowest BCUT2D eigenvalue weighted by Gasteiger charge is -2.22. The Kier molecular flexibility index (Phi) is 6.32. The number of hydrogen-bond acceptors (Lipinski definition) is 4. The van der Waals surface area contributed by atoms with Gasteiger partial charge in [0.1, 0.15) is 5.75 Å². The van der Waals surface area contributed by atoms with Crippen LogP contribution in [0.15, 0.2) is 42.5 Å². The molecule has 1 heterocycles. The summed E-state index contributed by atoms with van der Waals surface area (Å²) in [7, 11) is 0. The Hall–Kier alpha value is -3.37. The van der Waals surface area contributed by atoms with Crippen LogP contribution in [0.1, 0.15) is 32.7 Å². The number of carboxylic acid groups (broad SMARTS) is 1. The van der Waals surface area contributed by atoms with Crippen LogP contribution in [0, 0.1) is 0 Å². The molecule has 2 aromatic carbocycles. The van der Waals surface area contributed by atoms with Crippen LogP contribution in [-0.2, 0) is 6.18 Å². The Morgan fingerprint density at radius 2 is 1.87 bits per heavy atom. The number of amides is 1. The molecule has 6 nitrogen and oxygen atoms in total. The smallest absolute Gasteiger partial charge is 0.417 e. The topological polar surface area (TPSA) is 78.9 Å². The highest BCUT2D eigenvalue weighted by Crippen LogP contribution is 2.34. The molecule has 0 aromatic heterocycles. The van der Waals surface area contributed by atoms with E-state index in [-0.39, 0.29) is 12.3 Å². The number of nitrogens with one attached hydrogen (secondary N) is 1. The Morgan fingerprint density at radius 1 is 1.16 bits per heavy atom. The number of halogens is 5. The highest BCUT2D eigenvalue weighted by Gasteiger charge is 2.37. The average Bonchev–Trinajstić information content (AvgIpc) is 3.15. The SMILES string of the molecule is O=C(O)c1ccc(C(=O)NC2CCN(c3ccccc3OC(F)F)C2)c(C(F)(F)F)c1. The summed E-state index contributed by atoms with van der Waals surface area (Å²) in [5.74, 6) is -2.60. The molecule has 1 aliphatic heterocycles. The van der Waals surface area contributed by atoms with Crippen molar-refractivity contribution in [2.45, 2.75) is 25.3 Å². The lowest BCUT2D eigenvalue weighted by molar-refractivity contribution is -0.138. The van der Waals surface area contributed by atoms with Crippen LogP contribution in [-0.4, -0.2) is 42.7 Å². The van der Waals surface area contributed by atoms with E-state index in [4.69, 9.17) is 5.11 Å². The Morgan fingerprint density at radius 3 is 2.52 bits per heavy atom. The number of rotatable bonds is 6. The quantitative estimate of drug-likeness (QED) is 0.659. The molecule has 11 heteroatoms. The third-order valence-corrected chi connectivity index (χ3v) is 4.76. The number of carbonyl (C=O) groups excluding carboxylic acids is 1.